The number of carbonyl (C=O) groups excluding carboxylic acids is 3. The lowest BCUT2D eigenvalue weighted by molar-refractivity contribution is -0.142. The van der Waals surface area contributed by atoms with Crippen LogP contribution in [0.1, 0.15) is 12.5 Å². The van der Waals surface area contributed by atoms with Gasteiger partial charge >= 0.3 is 5.97 Å². The van der Waals surface area contributed by atoms with E-state index in [-0.39, 0.29) is 12.2 Å². The summed E-state index contributed by atoms with van der Waals surface area (Å²) in [6.45, 7) is 0.317. The van der Waals surface area contributed by atoms with Gasteiger partial charge in [0.1, 0.15) is 23.9 Å². The van der Waals surface area contributed by atoms with Crippen LogP contribution in [0.2, 0.25) is 0 Å². The highest BCUT2D eigenvalue weighted by molar-refractivity contribution is 5.92. The van der Waals surface area contributed by atoms with Crippen molar-refractivity contribution in [2.75, 3.05) is 13.2 Å². The van der Waals surface area contributed by atoms with Crippen molar-refractivity contribution < 1.29 is 34.5 Å². The van der Waals surface area contributed by atoms with E-state index in [1.54, 1.807) is 0 Å². The van der Waals surface area contributed by atoms with E-state index in [2.05, 4.69) is 16.0 Å². The molecule has 0 heterocycles. The molecular weight excluding hydrogens is 372 g/mol. The van der Waals surface area contributed by atoms with E-state index >= 15 is 0 Å². The molecule has 0 saturated heterocycles. The molecule has 1 rings (SSSR count). The number of phenols is 1. The third-order valence-corrected chi connectivity index (χ3v) is 3.72. The molecule has 1 aromatic rings. The first-order valence-electron chi connectivity index (χ1n) is 8.38. The number of carbonyl (C=O) groups is 4. The van der Waals surface area contributed by atoms with Crippen LogP contribution in [-0.4, -0.2) is 70.3 Å². The fourth-order valence-corrected chi connectivity index (χ4v) is 2.10. The minimum absolute atomic E-state index is 0.0167. The number of nitrogens with one attached hydrogen (secondary N) is 3. The zero-order valence-corrected chi connectivity index (χ0v) is 15.2. The van der Waals surface area contributed by atoms with Crippen LogP contribution in [0.25, 0.3) is 0 Å². The molecule has 8 N–H and O–H groups in total. The quantitative estimate of drug-likeness (QED) is 0.225. The second-order valence-electron chi connectivity index (χ2n) is 6.07. The van der Waals surface area contributed by atoms with Gasteiger partial charge in [-0.2, -0.15) is 0 Å². The molecule has 11 heteroatoms. The summed E-state index contributed by atoms with van der Waals surface area (Å²) in [7, 11) is 0. The number of hydrogen-bond acceptors (Lipinski definition) is 7. The SMILES string of the molecule is CC(NC(=O)CNC(=O)C(N)CO)C(=O)NC(Cc1ccc(O)cc1)C(=O)O. The van der Waals surface area contributed by atoms with Gasteiger partial charge in [0.05, 0.1) is 13.2 Å². The number of aliphatic carboxylic acids is 1. The summed E-state index contributed by atoms with van der Waals surface area (Å²) in [4.78, 5) is 46.7. The molecule has 3 unspecified atom stereocenters. The number of benzene rings is 1. The van der Waals surface area contributed by atoms with Gasteiger partial charge in [0.2, 0.25) is 17.7 Å². The predicted molar refractivity (Wildman–Crippen MR) is 97.1 cm³/mol. The Hall–Kier alpha value is -3.18. The van der Waals surface area contributed by atoms with Crippen molar-refractivity contribution in [2.45, 2.75) is 31.5 Å². The number of nitrogens with two attached hydrogens (primary N) is 1. The standard InChI is InChI=1S/C17H24N4O7/c1-9(20-14(24)7-19-16(26)12(18)8-22)15(25)21-13(17(27)28)6-10-2-4-11(23)5-3-10/h2-5,9,12-13,22-23H,6-8,18H2,1H3,(H,19,26)(H,20,24)(H,21,25)(H,27,28). The summed E-state index contributed by atoms with van der Waals surface area (Å²) >= 11 is 0. The molecule has 1 aromatic carbocycles. The van der Waals surface area contributed by atoms with Crippen molar-refractivity contribution >= 4 is 23.7 Å². The number of aliphatic hydroxyl groups is 1. The summed E-state index contributed by atoms with van der Waals surface area (Å²) < 4.78 is 0. The molecule has 0 saturated carbocycles. The van der Waals surface area contributed by atoms with Gasteiger partial charge in [-0.05, 0) is 24.6 Å². The van der Waals surface area contributed by atoms with E-state index in [0.29, 0.717) is 5.56 Å². The van der Waals surface area contributed by atoms with E-state index in [4.69, 9.17) is 10.8 Å². The summed E-state index contributed by atoms with van der Waals surface area (Å²) in [5.74, 6) is -3.37. The number of phenolic OH excluding ortho intramolecular Hbond substituents is 1. The first kappa shape index (κ1) is 22.9. The average molecular weight is 396 g/mol. The average Bonchev–Trinajstić information content (AvgIpc) is 2.66. The topological polar surface area (TPSA) is 191 Å². The van der Waals surface area contributed by atoms with Gasteiger partial charge in [0, 0.05) is 6.42 Å². The first-order valence-corrected chi connectivity index (χ1v) is 8.38. The van der Waals surface area contributed by atoms with Gasteiger partial charge in [-0.1, -0.05) is 12.1 Å². The molecule has 0 spiro atoms. The van der Waals surface area contributed by atoms with Crippen molar-refractivity contribution in [3.63, 3.8) is 0 Å². The van der Waals surface area contributed by atoms with Crippen molar-refractivity contribution in [1.82, 2.24) is 16.0 Å². The first-order chi connectivity index (χ1) is 13.1. The molecule has 0 aliphatic carbocycles. The van der Waals surface area contributed by atoms with E-state index in [0.717, 1.165) is 0 Å². The van der Waals surface area contributed by atoms with Crippen LogP contribution >= 0.6 is 0 Å². The number of carboxylic acids is 1. The van der Waals surface area contributed by atoms with Gasteiger partial charge in [-0.25, -0.2) is 4.79 Å². The number of carboxylic acid groups (broad SMARTS) is 1. The lowest BCUT2D eigenvalue weighted by atomic mass is 10.1. The van der Waals surface area contributed by atoms with Gasteiger partial charge < -0.3 is 37.0 Å². The van der Waals surface area contributed by atoms with E-state index in [1.807, 2.05) is 0 Å². The highest BCUT2D eigenvalue weighted by atomic mass is 16.4. The summed E-state index contributed by atoms with van der Waals surface area (Å²) in [6, 6.07) is 2.40. The van der Waals surface area contributed by atoms with Gasteiger partial charge in [0.25, 0.3) is 0 Å². The van der Waals surface area contributed by atoms with Crippen LogP contribution in [-0.2, 0) is 25.6 Å². The minimum atomic E-state index is -1.26. The van der Waals surface area contributed by atoms with Crippen molar-refractivity contribution in [3.05, 3.63) is 29.8 Å². The summed E-state index contributed by atoms with van der Waals surface area (Å²) in [5.41, 5.74) is 5.87. The fraction of sp³-hybridized carbons (Fsp3) is 0.412. The predicted octanol–water partition coefficient (Wildman–Crippen LogP) is -2.56. The lowest BCUT2D eigenvalue weighted by Gasteiger charge is -2.19. The Bertz CT molecular complexity index is 708. The minimum Gasteiger partial charge on any atom is -0.508 e. The van der Waals surface area contributed by atoms with Gasteiger partial charge in [-0.3, -0.25) is 14.4 Å². The Morgan fingerprint density at radius 3 is 2.21 bits per heavy atom. The number of rotatable bonds is 10. The molecule has 3 atom stereocenters. The van der Waals surface area contributed by atoms with Crippen LogP contribution in [0, 0.1) is 0 Å². The van der Waals surface area contributed by atoms with Crippen LogP contribution in [0.4, 0.5) is 0 Å². The monoisotopic (exact) mass is 396 g/mol. The van der Waals surface area contributed by atoms with E-state index in [9.17, 15) is 29.4 Å². The Labute approximate surface area is 160 Å². The van der Waals surface area contributed by atoms with Gasteiger partial charge in [0.15, 0.2) is 0 Å². The molecule has 0 aliphatic heterocycles. The van der Waals surface area contributed by atoms with Crippen LogP contribution in [0.3, 0.4) is 0 Å². The Kier molecular flexibility index (Phi) is 8.85. The molecule has 28 heavy (non-hydrogen) atoms. The normalized spacial score (nSPS) is 13.7. The molecule has 11 nitrogen and oxygen atoms in total. The Balaban J connectivity index is 2.55. The third-order valence-electron chi connectivity index (χ3n) is 3.72. The third kappa shape index (κ3) is 7.60. The zero-order valence-electron chi connectivity index (χ0n) is 15.2. The maximum atomic E-state index is 12.2. The highest BCUT2D eigenvalue weighted by Crippen LogP contribution is 2.11. The molecular formula is C17H24N4O7. The highest BCUT2D eigenvalue weighted by Gasteiger charge is 2.24. The molecule has 154 valence electrons. The number of hydrogen-bond donors (Lipinski definition) is 7. The maximum Gasteiger partial charge on any atom is 0.326 e. The smallest absolute Gasteiger partial charge is 0.326 e. The second kappa shape index (κ2) is 10.8. The molecule has 0 radical (unpaired) electrons. The fourth-order valence-electron chi connectivity index (χ4n) is 2.10. The van der Waals surface area contributed by atoms with Crippen molar-refractivity contribution in [3.8, 4) is 5.75 Å². The molecule has 3 amide bonds. The Morgan fingerprint density at radius 2 is 1.68 bits per heavy atom. The van der Waals surface area contributed by atoms with Gasteiger partial charge in [-0.15, -0.1) is 0 Å². The van der Waals surface area contributed by atoms with Crippen LogP contribution in [0.5, 0.6) is 5.75 Å². The van der Waals surface area contributed by atoms with E-state index < -0.39 is 55.0 Å². The number of amides is 3. The second-order valence-corrected chi connectivity index (χ2v) is 6.07. The Morgan fingerprint density at radius 1 is 1.07 bits per heavy atom. The lowest BCUT2D eigenvalue weighted by Crippen LogP contribution is -2.53. The maximum absolute atomic E-state index is 12.2. The largest absolute Gasteiger partial charge is 0.508 e. The molecule has 0 aliphatic rings. The molecule has 0 bridgehead atoms. The molecule has 0 fully saturated rings. The van der Waals surface area contributed by atoms with Crippen LogP contribution < -0.4 is 21.7 Å². The zero-order chi connectivity index (χ0) is 21.3. The van der Waals surface area contributed by atoms with E-state index in [1.165, 1.54) is 31.2 Å². The number of aromatic hydroxyl groups is 1. The summed E-state index contributed by atoms with van der Waals surface area (Å²) in [6.07, 6.45) is -0.0167. The van der Waals surface area contributed by atoms with Crippen molar-refractivity contribution in [1.29, 1.82) is 0 Å². The van der Waals surface area contributed by atoms with Crippen LogP contribution in [0.15, 0.2) is 24.3 Å². The van der Waals surface area contributed by atoms with Crippen molar-refractivity contribution in [2.24, 2.45) is 5.73 Å². The molecule has 0 aromatic heterocycles. The number of aliphatic hydroxyl groups excluding tert-OH is 1. The summed E-state index contributed by atoms with van der Waals surface area (Å²) in [5, 5.41) is 34.1.